The summed E-state index contributed by atoms with van der Waals surface area (Å²) in [7, 11) is 1.69. The van der Waals surface area contributed by atoms with Gasteiger partial charge in [0, 0.05) is 7.11 Å². The van der Waals surface area contributed by atoms with Gasteiger partial charge >= 0.3 is 0 Å². The molecule has 0 spiro atoms. The number of hydrogen-bond acceptors (Lipinski definition) is 3. The lowest BCUT2D eigenvalue weighted by Crippen LogP contribution is -1.94. The maximum Gasteiger partial charge on any atom is 0.145 e. The third-order valence-corrected chi connectivity index (χ3v) is 3.00. The molecule has 0 radical (unpaired) electrons. The first-order valence-electron chi connectivity index (χ1n) is 6.49. The molecule has 0 amide bonds. The fourth-order valence-electron chi connectivity index (χ4n) is 1.88. The lowest BCUT2D eigenvalue weighted by atomic mass is 10.1. The zero-order chi connectivity index (χ0) is 14.4. The molecule has 3 nitrogen and oxygen atoms in total. The number of aryl methyl sites for hydroxylation is 1. The topological polar surface area (TPSA) is 42.2 Å². The number of ether oxygens (including phenoxy) is 2. The maximum atomic E-state index is 9.08. The second-order valence-electron chi connectivity index (χ2n) is 4.60. The van der Waals surface area contributed by atoms with Crippen molar-refractivity contribution in [2.24, 2.45) is 0 Å². The van der Waals surface area contributed by atoms with Gasteiger partial charge in [0.25, 0.3) is 0 Å². The zero-order valence-corrected chi connectivity index (χ0v) is 11.7. The van der Waals surface area contributed by atoms with Crippen LogP contribution in [0.15, 0.2) is 42.5 Å². The summed E-state index contributed by atoms with van der Waals surface area (Å²) in [4.78, 5) is 0. The van der Waals surface area contributed by atoms with Crippen LogP contribution in [0.2, 0.25) is 0 Å². The van der Waals surface area contributed by atoms with Gasteiger partial charge in [0.1, 0.15) is 17.6 Å². The Morgan fingerprint density at radius 3 is 2.50 bits per heavy atom. The third kappa shape index (κ3) is 3.59. The molecule has 0 fully saturated rings. The predicted octanol–water partition coefficient (Wildman–Crippen LogP) is 3.85. The number of nitrogens with zero attached hydrogens (tertiary/aromatic N) is 1. The highest BCUT2D eigenvalue weighted by Crippen LogP contribution is 2.26. The van der Waals surface area contributed by atoms with Crippen LogP contribution < -0.4 is 4.74 Å². The normalized spacial score (nSPS) is 10.1. The summed E-state index contributed by atoms with van der Waals surface area (Å²) in [5.74, 6) is 1.32. The molecule has 0 heterocycles. The Labute approximate surface area is 119 Å². The van der Waals surface area contributed by atoms with Gasteiger partial charge in [-0.3, -0.25) is 0 Å². The highest BCUT2D eigenvalue weighted by molar-refractivity contribution is 5.47. The van der Waals surface area contributed by atoms with E-state index < -0.39 is 0 Å². The van der Waals surface area contributed by atoms with E-state index in [0.717, 1.165) is 17.7 Å². The van der Waals surface area contributed by atoms with Gasteiger partial charge in [-0.2, -0.15) is 5.26 Å². The van der Waals surface area contributed by atoms with Crippen molar-refractivity contribution >= 4 is 0 Å². The Kier molecular flexibility index (Phi) is 4.75. The molecule has 0 unspecified atom stereocenters. The van der Waals surface area contributed by atoms with Crippen molar-refractivity contribution in [1.82, 2.24) is 0 Å². The van der Waals surface area contributed by atoms with E-state index in [4.69, 9.17) is 14.7 Å². The molecule has 20 heavy (non-hydrogen) atoms. The van der Waals surface area contributed by atoms with Crippen LogP contribution in [0.25, 0.3) is 0 Å². The van der Waals surface area contributed by atoms with E-state index in [-0.39, 0.29) is 0 Å². The largest absolute Gasteiger partial charge is 0.456 e. The quantitative estimate of drug-likeness (QED) is 0.826. The minimum Gasteiger partial charge on any atom is -0.456 e. The Hall–Kier alpha value is -2.31. The van der Waals surface area contributed by atoms with E-state index in [0.29, 0.717) is 17.9 Å². The second-order valence-corrected chi connectivity index (χ2v) is 4.60. The fourth-order valence-corrected chi connectivity index (χ4v) is 1.88. The molecule has 102 valence electrons. The lowest BCUT2D eigenvalue weighted by Gasteiger charge is -2.09. The summed E-state index contributed by atoms with van der Waals surface area (Å²) in [6.07, 6.45) is 0.880. The first kappa shape index (κ1) is 14.1. The summed E-state index contributed by atoms with van der Waals surface area (Å²) in [5, 5.41) is 9.08. The Balaban J connectivity index is 2.14. The van der Waals surface area contributed by atoms with Crippen molar-refractivity contribution in [3.05, 3.63) is 59.2 Å². The first-order valence-corrected chi connectivity index (χ1v) is 6.49. The Bertz CT molecular complexity index is 612. The van der Waals surface area contributed by atoms with Crippen LogP contribution in [0.5, 0.6) is 11.5 Å². The molecule has 0 saturated heterocycles. The van der Waals surface area contributed by atoms with Crippen molar-refractivity contribution < 1.29 is 9.47 Å². The summed E-state index contributed by atoms with van der Waals surface area (Å²) in [6, 6.07) is 15.5. The molecule has 0 atom stereocenters. The molecule has 0 saturated carbocycles. The van der Waals surface area contributed by atoms with E-state index in [1.165, 1.54) is 5.56 Å². The Morgan fingerprint density at radius 2 is 1.85 bits per heavy atom. The highest BCUT2D eigenvalue weighted by atomic mass is 16.5. The van der Waals surface area contributed by atoms with Gasteiger partial charge in [0.2, 0.25) is 0 Å². The third-order valence-electron chi connectivity index (χ3n) is 3.00. The molecule has 0 N–H and O–H groups in total. The van der Waals surface area contributed by atoms with Crippen molar-refractivity contribution in [3.63, 3.8) is 0 Å². The van der Waals surface area contributed by atoms with Crippen molar-refractivity contribution in [1.29, 1.82) is 5.26 Å². The summed E-state index contributed by atoms with van der Waals surface area (Å²) >= 11 is 0. The van der Waals surface area contributed by atoms with E-state index in [2.05, 4.69) is 6.07 Å². The summed E-state index contributed by atoms with van der Waals surface area (Å²) in [5.41, 5.74) is 2.80. The van der Waals surface area contributed by atoms with Crippen LogP contribution >= 0.6 is 0 Å². The van der Waals surface area contributed by atoms with Gasteiger partial charge in [-0.05, 0) is 48.7 Å². The van der Waals surface area contributed by atoms with Crippen LogP contribution in [-0.4, -0.2) is 13.7 Å². The molecular formula is C17H17NO2. The molecule has 0 aliphatic rings. The first-order chi connectivity index (χ1) is 9.72. The number of hydrogen-bond donors (Lipinski definition) is 0. The summed E-state index contributed by atoms with van der Waals surface area (Å²) in [6.45, 7) is 2.68. The molecule has 0 aromatic heterocycles. The van der Waals surface area contributed by atoms with Gasteiger partial charge in [-0.1, -0.05) is 18.2 Å². The lowest BCUT2D eigenvalue weighted by molar-refractivity contribution is 0.202. The van der Waals surface area contributed by atoms with E-state index in [9.17, 15) is 0 Å². The van der Waals surface area contributed by atoms with Gasteiger partial charge in [-0.25, -0.2) is 0 Å². The van der Waals surface area contributed by atoms with E-state index in [1.54, 1.807) is 13.2 Å². The predicted molar refractivity (Wildman–Crippen MR) is 78.0 cm³/mol. The van der Waals surface area contributed by atoms with Crippen molar-refractivity contribution in [3.8, 4) is 17.6 Å². The van der Waals surface area contributed by atoms with Crippen LogP contribution in [0.4, 0.5) is 0 Å². The molecule has 2 aromatic carbocycles. The molecular weight excluding hydrogens is 250 g/mol. The number of benzene rings is 2. The molecule has 3 heteroatoms. The van der Waals surface area contributed by atoms with Gasteiger partial charge < -0.3 is 9.47 Å². The minimum atomic E-state index is 0.541. The minimum absolute atomic E-state index is 0.541. The number of rotatable bonds is 5. The highest BCUT2D eigenvalue weighted by Gasteiger charge is 2.05. The SMILES string of the molecule is COCCc1ccc(Oc2cc(C)ccc2C#N)cc1. The van der Waals surface area contributed by atoms with Crippen LogP contribution in [0, 0.1) is 18.3 Å². The second kappa shape index (κ2) is 6.74. The fraction of sp³-hybridized carbons (Fsp3) is 0.235. The molecule has 0 aliphatic heterocycles. The molecule has 0 aliphatic carbocycles. The standard InChI is InChI=1S/C17H17NO2/c1-13-3-6-15(12-18)17(11-13)20-16-7-4-14(5-8-16)9-10-19-2/h3-8,11H,9-10H2,1-2H3. The molecule has 2 rings (SSSR count). The number of nitriles is 1. The van der Waals surface area contributed by atoms with E-state index >= 15 is 0 Å². The Morgan fingerprint density at radius 1 is 1.10 bits per heavy atom. The zero-order valence-electron chi connectivity index (χ0n) is 11.7. The smallest absolute Gasteiger partial charge is 0.145 e. The van der Waals surface area contributed by atoms with Crippen molar-refractivity contribution in [2.45, 2.75) is 13.3 Å². The van der Waals surface area contributed by atoms with Crippen LogP contribution in [-0.2, 0) is 11.2 Å². The van der Waals surface area contributed by atoms with Gasteiger partial charge in [0.05, 0.1) is 12.2 Å². The summed E-state index contributed by atoms with van der Waals surface area (Å²) < 4.78 is 10.8. The molecule has 0 bridgehead atoms. The molecule has 2 aromatic rings. The monoisotopic (exact) mass is 267 g/mol. The maximum absolute atomic E-state index is 9.08. The van der Waals surface area contributed by atoms with Gasteiger partial charge in [-0.15, -0.1) is 0 Å². The van der Waals surface area contributed by atoms with E-state index in [1.807, 2.05) is 43.3 Å². The average Bonchev–Trinajstić information content (AvgIpc) is 2.47. The van der Waals surface area contributed by atoms with Gasteiger partial charge in [0.15, 0.2) is 0 Å². The number of methoxy groups -OCH3 is 1. The van der Waals surface area contributed by atoms with Crippen LogP contribution in [0.1, 0.15) is 16.7 Å². The van der Waals surface area contributed by atoms with Crippen molar-refractivity contribution in [2.75, 3.05) is 13.7 Å². The average molecular weight is 267 g/mol. The van der Waals surface area contributed by atoms with Crippen LogP contribution in [0.3, 0.4) is 0 Å².